The molecule has 4 heteroatoms. The summed E-state index contributed by atoms with van der Waals surface area (Å²) in [6.45, 7) is 3.77. The second-order valence-corrected chi connectivity index (χ2v) is 4.46. The van der Waals surface area contributed by atoms with Crippen LogP contribution < -0.4 is 9.47 Å². The smallest absolute Gasteiger partial charge is 0.161 e. The summed E-state index contributed by atoms with van der Waals surface area (Å²) < 4.78 is 10.3. The molecule has 2 atom stereocenters. The first-order chi connectivity index (χ1) is 8.54. The second-order valence-electron chi connectivity index (χ2n) is 4.46. The molecule has 0 aliphatic rings. The molecule has 0 aromatic heterocycles. The molecule has 1 N–H and O–H groups in total. The van der Waals surface area contributed by atoms with Crippen LogP contribution in [0.5, 0.6) is 11.5 Å². The zero-order valence-electron chi connectivity index (χ0n) is 11.2. The van der Waals surface area contributed by atoms with Gasteiger partial charge in [-0.2, -0.15) is 5.26 Å². The average Bonchev–Trinajstić information content (AvgIpc) is 2.39. The van der Waals surface area contributed by atoms with Gasteiger partial charge in [-0.05, 0) is 23.6 Å². The van der Waals surface area contributed by atoms with E-state index in [9.17, 15) is 10.4 Å². The Balaban J connectivity index is 3.12. The Labute approximate surface area is 108 Å². The van der Waals surface area contributed by atoms with E-state index in [0.717, 1.165) is 5.56 Å². The lowest BCUT2D eigenvalue weighted by Crippen LogP contribution is -2.23. The molecule has 0 bridgehead atoms. The van der Waals surface area contributed by atoms with Gasteiger partial charge in [-0.15, -0.1) is 0 Å². The van der Waals surface area contributed by atoms with Crippen LogP contribution in [0.1, 0.15) is 25.3 Å². The molecule has 0 fully saturated rings. The van der Waals surface area contributed by atoms with Crippen LogP contribution in [0.25, 0.3) is 0 Å². The Morgan fingerprint density at radius 3 is 2.22 bits per heavy atom. The van der Waals surface area contributed by atoms with Gasteiger partial charge in [0.2, 0.25) is 0 Å². The summed E-state index contributed by atoms with van der Waals surface area (Å²) in [4.78, 5) is 0. The van der Waals surface area contributed by atoms with Crippen molar-refractivity contribution in [1.82, 2.24) is 0 Å². The minimum atomic E-state index is -0.701. The van der Waals surface area contributed by atoms with Gasteiger partial charge in [-0.1, -0.05) is 19.9 Å². The molecule has 0 saturated heterocycles. The van der Waals surface area contributed by atoms with Gasteiger partial charge in [0.15, 0.2) is 11.5 Å². The lowest BCUT2D eigenvalue weighted by Gasteiger charge is -2.21. The number of benzene rings is 1. The normalized spacial score (nSPS) is 13.8. The first-order valence-corrected chi connectivity index (χ1v) is 5.84. The maximum Gasteiger partial charge on any atom is 0.161 e. The van der Waals surface area contributed by atoms with Crippen LogP contribution in [0, 0.1) is 17.2 Å². The predicted molar refractivity (Wildman–Crippen MR) is 68.7 cm³/mol. The van der Waals surface area contributed by atoms with E-state index in [1.807, 2.05) is 13.8 Å². The molecular formula is C14H19NO3. The summed E-state index contributed by atoms with van der Waals surface area (Å²) in [7, 11) is 3.10. The van der Waals surface area contributed by atoms with E-state index in [0.29, 0.717) is 11.5 Å². The van der Waals surface area contributed by atoms with E-state index in [1.54, 1.807) is 32.4 Å². The highest BCUT2D eigenvalue weighted by molar-refractivity contribution is 5.45. The Morgan fingerprint density at radius 2 is 1.78 bits per heavy atom. The van der Waals surface area contributed by atoms with E-state index in [1.165, 1.54) is 0 Å². The fourth-order valence-electron chi connectivity index (χ4n) is 1.78. The van der Waals surface area contributed by atoms with Crippen LogP contribution in [0.3, 0.4) is 0 Å². The van der Waals surface area contributed by atoms with Crippen LogP contribution in [-0.4, -0.2) is 25.4 Å². The lowest BCUT2D eigenvalue weighted by atomic mass is 9.88. The molecule has 0 aliphatic carbocycles. The summed E-state index contributed by atoms with van der Waals surface area (Å²) in [5, 5.41) is 19.2. The van der Waals surface area contributed by atoms with E-state index in [2.05, 4.69) is 6.07 Å². The van der Waals surface area contributed by atoms with Crippen LogP contribution in [0.2, 0.25) is 0 Å². The molecule has 0 radical (unpaired) electrons. The van der Waals surface area contributed by atoms with Crippen LogP contribution in [-0.2, 0) is 0 Å². The van der Waals surface area contributed by atoms with Gasteiger partial charge in [0.05, 0.1) is 32.3 Å². The molecule has 2 unspecified atom stereocenters. The molecule has 1 aromatic carbocycles. The number of hydrogen-bond donors (Lipinski definition) is 1. The largest absolute Gasteiger partial charge is 0.493 e. The van der Waals surface area contributed by atoms with Crippen molar-refractivity contribution < 1.29 is 14.6 Å². The predicted octanol–water partition coefficient (Wildman–Crippen LogP) is 2.33. The van der Waals surface area contributed by atoms with Gasteiger partial charge in [-0.25, -0.2) is 0 Å². The highest BCUT2D eigenvalue weighted by Crippen LogP contribution is 2.32. The minimum absolute atomic E-state index is 0.0164. The first-order valence-electron chi connectivity index (χ1n) is 5.84. The van der Waals surface area contributed by atoms with Crippen LogP contribution in [0.15, 0.2) is 18.2 Å². The summed E-state index contributed by atoms with van der Waals surface area (Å²) >= 11 is 0. The number of aliphatic hydroxyl groups is 1. The van der Waals surface area contributed by atoms with E-state index in [-0.39, 0.29) is 5.92 Å². The highest BCUT2D eigenvalue weighted by atomic mass is 16.5. The zero-order valence-corrected chi connectivity index (χ0v) is 11.2. The van der Waals surface area contributed by atoms with Crippen molar-refractivity contribution in [1.29, 1.82) is 5.26 Å². The van der Waals surface area contributed by atoms with Crippen LogP contribution in [0.4, 0.5) is 0 Å². The zero-order chi connectivity index (χ0) is 13.7. The summed E-state index contributed by atoms with van der Waals surface area (Å²) in [5.74, 6) is 0.621. The van der Waals surface area contributed by atoms with E-state index < -0.39 is 12.0 Å². The third kappa shape index (κ3) is 2.93. The molecule has 0 aliphatic heterocycles. The molecule has 0 spiro atoms. The van der Waals surface area contributed by atoms with E-state index in [4.69, 9.17) is 9.47 Å². The van der Waals surface area contributed by atoms with Crippen molar-refractivity contribution >= 4 is 0 Å². The average molecular weight is 249 g/mol. The number of rotatable bonds is 5. The van der Waals surface area contributed by atoms with E-state index >= 15 is 0 Å². The standard InChI is InChI=1S/C14H19NO3/c1-9(2)14(16)11(8-15)10-5-6-12(17-3)13(7-10)18-4/h5-7,9,11,14,16H,1-4H3. The third-order valence-corrected chi connectivity index (χ3v) is 2.93. The van der Waals surface area contributed by atoms with Crippen molar-refractivity contribution in [2.75, 3.05) is 14.2 Å². The maximum absolute atomic E-state index is 10.0. The van der Waals surface area contributed by atoms with Gasteiger partial charge in [0.25, 0.3) is 0 Å². The maximum atomic E-state index is 10.0. The summed E-state index contributed by atoms with van der Waals surface area (Å²) in [5.41, 5.74) is 0.733. The first kappa shape index (κ1) is 14.3. The topological polar surface area (TPSA) is 62.5 Å². The SMILES string of the molecule is COc1ccc(C(C#N)C(O)C(C)C)cc1OC. The van der Waals surface area contributed by atoms with Gasteiger partial charge >= 0.3 is 0 Å². The molecule has 0 saturated carbocycles. The second kappa shape index (κ2) is 6.27. The minimum Gasteiger partial charge on any atom is -0.493 e. The molecule has 0 amide bonds. The van der Waals surface area contributed by atoms with Crippen molar-refractivity contribution in [2.24, 2.45) is 5.92 Å². The molecular weight excluding hydrogens is 230 g/mol. The molecule has 1 aromatic rings. The van der Waals surface area contributed by atoms with Crippen LogP contribution >= 0.6 is 0 Å². The van der Waals surface area contributed by atoms with Gasteiger partial charge < -0.3 is 14.6 Å². The highest BCUT2D eigenvalue weighted by Gasteiger charge is 2.24. The van der Waals surface area contributed by atoms with Crippen molar-refractivity contribution in [3.63, 3.8) is 0 Å². The Hall–Kier alpha value is -1.73. The number of ether oxygens (including phenoxy) is 2. The van der Waals surface area contributed by atoms with Crippen molar-refractivity contribution in [2.45, 2.75) is 25.9 Å². The summed E-state index contributed by atoms with van der Waals surface area (Å²) in [6, 6.07) is 7.40. The fourth-order valence-corrected chi connectivity index (χ4v) is 1.78. The number of aliphatic hydroxyl groups excluding tert-OH is 1. The van der Waals surface area contributed by atoms with Crippen molar-refractivity contribution in [3.8, 4) is 17.6 Å². The van der Waals surface area contributed by atoms with Gasteiger partial charge in [0, 0.05) is 0 Å². The fraction of sp³-hybridized carbons (Fsp3) is 0.500. The molecule has 98 valence electrons. The van der Waals surface area contributed by atoms with Gasteiger partial charge in [0.1, 0.15) is 0 Å². The lowest BCUT2D eigenvalue weighted by molar-refractivity contribution is 0.113. The molecule has 4 nitrogen and oxygen atoms in total. The number of nitriles is 1. The Bertz CT molecular complexity index is 437. The summed E-state index contributed by atoms with van der Waals surface area (Å²) in [6.07, 6.45) is -0.701. The number of nitrogens with zero attached hydrogens (tertiary/aromatic N) is 1. The quantitative estimate of drug-likeness (QED) is 0.870. The van der Waals surface area contributed by atoms with Crippen molar-refractivity contribution in [3.05, 3.63) is 23.8 Å². The molecule has 1 rings (SSSR count). The monoisotopic (exact) mass is 249 g/mol. The Morgan fingerprint density at radius 1 is 1.17 bits per heavy atom. The number of methoxy groups -OCH3 is 2. The molecule has 0 heterocycles. The number of hydrogen-bond acceptors (Lipinski definition) is 4. The third-order valence-electron chi connectivity index (χ3n) is 2.93. The molecule has 18 heavy (non-hydrogen) atoms. The Kier molecular flexibility index (Phi) is 4.99. The van der Waals surface area contributed by atoms with Gasteiger partial charge in [-0.3, -0.25) is 0 Å².